The van der Waals surface area contributed by atoms with Crippen molar-refractivity contribution in [3.8, 4) is 0 Å². The van der Waals surface area contributed by atoms with Crippen molar-refractivity contribution in [1.29, 1.82) is 0 Å². The van der Waals surface area contributed by atoms with E-state index in [9.17, 15) is 4.79 Å². The van der Waals surface area contributed by atoms with Crippen molar-refractivity contribution in [2.75, 3.05) is 31.6 Å². The number of likely N-dealkylation sites (tertiary alicyclic amines) is 1. The van der Waals surface area contributed by atoms with Crippen molar-refractivity contribution in [1.82, 2.24) is 10.2 Å². The first-order chi connectivity index (χ1) is 6.74. The van der Waals surface area contributed by atoms with Crippen LogP contribution < -0.4 is 5.32 Å². The fourth-order valence-corrected chi connectivity index (χ4v) is 2.09. The minimum Gasteiger partial charge on any atom is -0.343 e. The largest absolute Gasteiger partial charge is 0.343 e. The number of thioether (sulfide) groups is 1. The first-order valence-electron chi connectivity index (χ1n) is 5.22. The Morgan fingerprint density at radius 2 is 2.14 bits per heavy atom. The van der Waals surface area contributed by atoms with Gasteiger partial charge in [-0.1, -0.05) is 0 Å². The summed E-state index contributed by atoms with van der Waals surface area (Å²) in [7, 11) is 0. The SMILES string of the molecule is CSCCNC1CCN(C(C)=O)CC1. The molecule has 0 unspecified atom stereocenters. The van der Waals surface area contributed by atoms with Crippen molar-refractivity contribution >= 4 is 17.7 Å². The van der Waals surface area contributed by atoms with E-state index in [0.717, 1.165) is 32.5 Å². The highest BCUT2D eigenvalue weighted by atomic mass is 32.2. The lowest BCUT2D eigenvalue weighted by atomic mass is 10.1. The van der Waals surface area contributed by atoms with Gasteiger partial charge in [0.1, 0.15) is 0 Å². The van der Waals surface area contributed by atoms with E-state index in [2.05, 4.69) is 11.6 Å². The maximum Gasteiger partial charge on any atom is 0.219 e. The Morgan fingerprint density at radius 3 is 2.64 bits per heavy atom. The standard InChI is InChI=1S/C10H20N2OS/c1-9(13)12-6-3-10(4-7-12)11-5-8-14-2/h10-11H,3-8H2,1-2H3. The molecule has 0 aromatic heterocycles. The summed E-state index contributed by atoms with van der Waals surface area (Å²) in [4.78, 5) is 13.0. The molecule has 82 valence electrons. The number of nitrogens with zero attached hydrogens (tertiary/aromatic N) is 1. The van der Waals surface area contributed by atoms with Gasteiger partial charge in [0.15, 0.2) is 0 Å². The zero-order chi connectivity index (χ0) is 10.4. The summed E-state index contributed by atoms with van der Waals surface area (Å²) in [5.74, 6) is 1.39. The van der Waals surface area contributed by atoms with Crippen LogP contribution in [-0.2, 0) is 4.79 Å². The van der Waals surface area contributed by atoms with E-state index in [-0.39, 0.29) is 5.91 Å². The number of carbonyl (C=O) groups excluding carboxylic acids is 1. The van der Waals surface area contributed by atoms with Crippen LogP contribution >= 0.6 is 11.8 Å². The second kappa shape index (κ2) is 6.30. The second-order valence-electron chi connectivity index (χ2n) is 3.73. The molecule has 0 radical (unpaired) electrons. The van der Waals surface area contributed by atoms with Crippen LogP contribution in [0.3, 0.4) is 0 Å². The number of rotatable bonds is 4. The molecule has 1 aliphatic rings. The quantitative estimate of drug-likeness (QED) is 0.710. The maximum atomic E-state index is 11.1. The number of carbonyl (C=O) groups is 1. The molecule has 1 aliphatic heterocycles. The minimum atomic E-state index is 0.215. The van der Waals surface area contributed by atoms with E-state index in [0.29, 0.717) is 6.04 Å². The molecule has 1 heterocycles. The molecule has 1 fully saturated rings. The molecule has 1 amide bonds. The summed E-state index contributed by atoms with van der Waals surface area (Å²) in [6, 6.07) is 0.623. The zero-order valence-corrected chi connectivity index (χ0v) is 9.90. The summed E-state index contributed by atoms with van der Waals surface area (Å²) < 4.78 is 0. The van der Waals surface area contributed by atoms with E-state index < -0.39 is 0 Å². The number of piperidine rings is 1. The van der Waals surface area contributed by atoms with Gasteiger partial charge in [-0.3, -0.25) is 4.79 Å². The van der Waals surface area contributed by atoms with Crippen molar-refractivity contribution in [3.05, 3.63) is 0 Å². The van der Waals surface area contributed by atoms with Gasteiger partial charge in [0.2, 0.25) is 5.91 Å². The molecule has 0 aromatic carbocycles. The fourth-order valence-electron chi connectivity index (χ4n) is 1.76. The number of hydrogen-bond donors (Lipinski definition) is 1. The smallest absolute Gasteiger partial charge is 0.219 e. The van der Waals surface area contributed by atoms with E-state index in [1.807, 2.05) is 16.7 Å². The zero-order valence-electron chi connectivity index (χ0n) is 9.08. The molecule has 0 spiro atoms. The van der Waals surface area contributed by atoms with Gasteiger partial charge in [0.05, 0.1) is 0 Å². The molecule has 4 heteroatoms. The molecule has 0 saturated carbocycles. The highest BCUT2D eigenvalue weighted by Gasteiger charge is 2.19. The number of nitrogens with one attached hydrogen (secondary N) is 1. The third-order valence-corrected chi connectivity index (χ3v) is 3.29. The Bertz CT molecular complexity index is 179. The highest BCUT2D eigenvalue weighted by Crippen LogP contribution is 2.10. The second-order valence-corrected chi connectivity index (χ2v) is 4.71. The average Bonchev–Trinajstić information content (AvgIpc) is 2.19. The molecule has 0 atom stereocenters. The van der Waals surface area contributed by atoms with Crippen molar-refractivity contribution < 1.29 is 4.79 Å². The molecule has 0 aromatic rings. The van der Waals surface area contributed by atoms with Crippen LogP contribution in [0.5, 0.6) is 0 Å². The maximum absolute atomic E-state index is 11.1. The van der Waals surface area contributed by atoms with Gasteiger partial charge >= 0.3 is 0 Å². The monoisotopic (exact) mass is 216 g/mol. The van der Waals surface area contributed by atoms with Crippen molar-refractivity contribution in [2.45, 2.75) is 25.8 Å². The third kappa shape index (κ3) is 3.88. The fraction of sp³-hybridized carbons (Fsp3) is 0.900. The molecule has 0 aliphatic carbocycles. The topological polar surface area (TPSA) is 32.3 Å². The van der Waals surface area contributed by atoms with Crippen LogP contribution in [0.4, 0.5) is 0 Å². The summed E-state index contributed by atoms with van der Waals surface area (Å²) in [6.45, 7) is 4.59. The van der Waals surface area contributed by atoms with Crippen LogP contribution in [0.2, 0.25) is 0 Å². The average molecular weight is 216 g/mol. The minimum absolute atomic E-state index is 0.215. The predicted molar refractivity (Wildman–Crippen MR) is 61.7 cm³/mol. The first kappa shape index (κ1) is 11.9. The van der Waals surface area contributed by atoms with E-state index in [1.165, 1.54) is 5.75 Å². The van der Waals surface area contributed by atoms with E-state index in [1.54, 1.807) is 6.92 Å². The van der Waals surface area contributed by atoms with E-state index >= 15 is 0 Å². The number of amides is 1. The van der Waals surface area contributed by atoms with Gasteiger partial charge in [-0.2, -0.15) is 11.8 Å². The molecule has 14 heavy (non-hydrogen) atoms. The van der Waals surface area contributed by atoms with Crippen LogP contribution in [0.15, 0.2) is 0 Å². The van der Waals surface area contributed by atoms with Crippen molar-refractivity contribution in [3.63, 3.8) is 0 Å². The van der Waals surface area contributed by atoms with Crippen LogP contribution in [-0.4, -0.2) is 48.5 Å². The van der Waals surface area contributed by atoms with Crippen LogP contribution in [0.25, 0.3) is 0 Å². The Balaban J connectivity index is 2.12. The molecule has 1 N–H and O–H groups in total. The Hall–Kier alpha value is -0.220. The summed E-state index contributed by atoms with van der Waals surface area (Å²) >= 11 is 1.87. The lowest BCUT2D eigenvalue weighted by Gasteiger charge is -2.31. The highest BCUT2D eigenvalue weighted by molar-refractivity contribution is 7.98. The van der Waals surface area contributed by atoms with Crippen LogP contribution in [0, 0.1) is 0 Å². The molecule has 1 saturated heterocycles. The van der Waals surface area contributed by atoms with Gasteiger partial charge in [0, 0.05) is 38.4 Å². The molecular weight excluding hydrogens is 196 g/mol. The Morgan fingerprint density at radius 1 is 1.50 bits per heavy atom. The lowest BCUT2D eigenvalue weighted by Crippen LogP contribution is -2.44. The Labute approximate surface area is 90.6 Å². The summed E-state index contributed by atoms with van der Waals surface area (Å²) in [5, 5.41) is 3.52. The van der Waals surface area contributed by atoms with Gasteiger partial charge in [0.25, 0.3) is 0 Å². The molecule has 3 nitrogen and oxygen atoms in total. The summed E-state index contributed by atoms with van der Waals surface area (Å²) in [5.41, 5.74) is 0. The van der Waals surface area contributed by atoms with E-state index in [4.69, 9.17) is 0 Å². The molecule has 0 bridgehead atoms. The first-order valence-corrected chi connectivity index (χ1v) is 6.61. The lowest BCUT2D eigenvalue weighted by molar-refractivity contribution is -0.129. The van der Waals surface area contributed by atoms with Gasteiger partial charge in [-0.15, -0.1) is 0 Å². The van der Waals surface area contributed by atoms with Gasteiger partial charge in [-0.25, -0.2) is 0 Å². The van der Waals surface area contributed by atoms with Gasteiger partial charge < -0.3 is 10.2 Å². The summed E-state index contributed by atoms with van der Waals surface area (Å²) in [6.07, 6.45) is 4.34. The number of hydrogen-bond acceptors (Lipinski definition) is 3. The van der Waals surface area contributed by atoms with Crippen molar-refractivity contribution in [2.24, 2.45) is 0 Å². The third-order valence-electron chi connectivity index (χ3n) is 2.68. The molecular formula is C10H20N2OS. The van der Waals surface area contributed by atoms with Crippen LogP contribution in [0.1, 0.15) is 19.8 Å². The van der Waals surface area contributed by atoms with Gasteiger partial charge in [-0.05, 0) is 19.1 Å². The predicted octanol–water partition coefficient (Wildman–Crippen LogP) is 0.950. The normalized spacial score (nSPS) is 18.6. The Kier molecular flexibility index (Phi) is 5.33. The molecule has 1 rings (SSSR count).